The molecule has 1 heterocycles. The van der Waals surface area contributed by atoms with Gasteiger partial charge in [-0.15, -0.1) is 0 Å². The highest BCUT2D eigenvalue weighted by molar-refractivity contribution is 5.98. The molecule has 2 rings (SSSR count). The van der Waals surface area contributed by atoms with E-state index in [9.17, 15) is 4.79 Å². The molecule has 0 radical (unpaired) electrons. The van der Waals surface area contributed by atoms with E-state index in [2.05, 4.69) is 9.97 Å². The summed E-state index contributed by atoms with van der Waals surface area (Å²) in [5.74, 6) is -0.223. The van der Waals surface area contributed by atoms with Crippen LogP contribution >= 0.6 is 0 Å². The SMILES string of the molecule is NC(C(=O)c1cnccn1)c1ccccc1. The van der Waals surface area contributed by atoms with Gasteiger partial charge in [0.15, 0.2) is 0 Å². The van der Waals surface area contributed by atoms with Crippen LogP contribution in [0.25, 0.3) is 0 Å². The molecule has 0 spiro atoms. The van der Waals surface area contributed by atoms with E-state index in [-0.39, 0.29) is 5.78 Å². The zero-order valence-electron chi connectivity index (χ0n) is 8.58. The summed E-state index contributed by atoms with van der Waals surface area (Å²) in [6.07, 6.45) is 4.42. The highest BCUT2D eigenvalue weighted by Gasteiger charge is 2.18. The number of rotatable bonds is 3. The second-order valence-electron chi connectivity index (χ2n) is 3.34. The number of carbonyl (C=O) groups is 1. The molecule has 4 nitrogen and oxygen atoms in total. The molecule has 0 amide bonds. The Balaban J connectivity index is 2.24. The van der Waals surface area contributed by atoms with Gasteiger partial charge in [0.25, 0.3) is 0 Å². The Morgan fingerprint density at radius 2 is 1.94 bits per heavy atom. The first-order valence-electron chi connectivity index (χ1n) is 4.90. The lowest BCUT2D eigenvalue weighted by molar-refractivity contribution is 0.0956. The maximum atomic E-state index is 11.9. The lowest BCUT2D eigenvalue weighted by Crippen LogP contribution is -2.22. The van der Waals surface area contributed by atoms with E-state index >= 15 is 0 Å². The Hall–Kier alpha value is -2.07. The molecule has 80 valence electrons. The Kier molecular flexibility index (Phi) is 3.03. The van der Waals surface area contributed by atoms with Gasteiger partial charge in [-0.05, 0) is 5.56 Å². The minimum absolute atomic E-state index is 0.223. The zero-order valence-corrected chi connectivity index (χ0v) is 8.58. The summed E-state index contributed by atoms with van der Waals surface area (Å²) in [6.45, 7) is 0. The molecule has 0 aliphatic rings. The summed E-state index contributed by atoms with van der Waals surface area (Å²) >= 11 is 0. The van der Waals surface area contributed by atoms with E-state index in [1.807, 2.05) is 30.3 Å². The smallest absolute Gasteiger partial charge is 0.203 e. The fourth-order valence-corrected chi connectivity index (χ4v) is 1.40. The molecule has 2 aromatic rings. The second-order valence-corrected chi connectivity index (χ2v) is 3.34. The van der Waals surface area contributed by atoms with Crippen molar-refractivity contribution in [1.29, 1.82) is 0 Å². The van der Waals surface area contributed by atoms with Crippen LogP contribution in [0.2, 0.25) is 0 Å². The first-order chi connectivity index (χ1) is 7.79. The van der Waals surface area contributed by atoms with Crippen LogP contribution in [-0.4, -0.2) is 15.8 Å². The van der Waals surface area contributed by atoms with Crippen molar-refractivity contribution in [2.45, 2.75) is 6.04 Å². The molecule has 0 aliphatic carbocycles. The van der Waals surface area contributed by atoms with Gasteiger partial charge in [-0.1, -0.05) is 30.3 Å². The molecular formula is C12H11N3O. The summed E-state index contributed by atoms with van der Waals surface area (Å²) in [5.41, 5.74) is 6.92. The van der Waals surface area contributed by atoms with Gasteiger partial charge >= 0.3 is 0 Å². The van der Waals surface area contributed by atoms with Crippen LogP contribution in [0.5, 0.6) is 0 Å². The first-order valence-corrected chi connectivity index (χ1v) is 4.90. The number of hydrogen-bond acceptors (Lipinski definition) is 4. The maximum Gasteiger partial charge on any atom is 0.203 e. The summed E-state index contributed by atoms with van der Waals surface area (Å²) < 4.78 is 0. The van der Waals surface area contributed by atoms with E-state index in [1.54, 1.807) is 0 Å². The molecule has 1 atom stereocenters. The zero-order chi connectivity index (χ0) is 11.4. The number of ketones is 1. The molecule has 0 aliphatic heterocycles. The number of carbonyl (C=O) groups excluding carboxylic acids is 1. The van der Waals surface area contributed by atoms with Crippen LogP contribution in [0.1, 0.15) is 22.1 Å². The van der Waals surface area contributed by atoms with Crippen molar-refractivity contribution in [3.8, 4) is 0 Å². The number of nitrogens with two attached hydrogens (primary N) is 1. The molecular weight excluding hydrogens is 202 g/mol. The molecule has 0 saturated heterocycles. The number of aromatic nitrogens is 2. The summed E-state index contributed by atoms with van der Waals surface area (Å²) in [6, 6.07) is 8.53. The number of nitrogens with zero attached hydrogens (tertiary/aromatic N) is 2. The fraction of sp³-hybridized carbons (Fsp3) is 0.0833. The van der Waals surface area contributed by atoms with Gasteiger partial charge in [-0.25, -0.2) is 4.98 Å². The minimum atomic E-state index is -0.683. The van der Waals surface area contributed by atoms with E-state index < -0.39 is 6.04 Å². The molecule has 16 heavy (non-hydrogen) atoms. The fourth-order valence-electron chi connectivity index (χ4n) is 1.40. The van der Waals surface area contributed by atoms with E-state index in [4.69, 9.17) is 5.73 Å². The highest BCUT2D eigenvalue weighted by Crippen LogP contribution is 2.13. The monoisotopic (exact) mass is 213 g/mol. The van der Waals surface area contributed by atoms with Crippen molar-refractivity contribution in [1.82, 2.24) is 9.97 Å². The standard InChI is InChI=1S/C12H11N3O/c13-11(9-4-2-1-3-5-9)12(16)10-8-14-6-7-15-10/h1-8,11H,13H2. The second kappa shape index (κ2) is 4.63. The molecule has 2 N–H and O–H groups in total. The largest absolute Gasteiger partial charge is 0.317 e. The molecule has 1 aromatic heterocycles. The third-order valence-electron chi connectivity index (χ3n) is 2.26. The quantitative estimate of drug-likeness (QED) is 0.781. The van der Waals surface area contributed by atoms with Gasteiger partial charge < -0.3 is 5.73 Å². The third kappa shape index (κ3) is 2.12. The summed E-state index contributed by atoms with van der Waals surface area (Å²) in [5, 5.41) is 0. The Morgan fingerprint density at radius 1 is 1.19 bits per heavy atom. The normalized spacial score (nSPS) is 12.1. The third-order valence-corrected chi connectivity index (χ3v) is 2.26. The van der Waals surface area contributed by atoms with Crippen molar-refractivity contribution in [2.75, 3.05) is 0 Å². The predicted molar refractivity (Wildman–Crippen MR) is 59.7 cm³/mol. The number of hydrogen-bond donors (Lipinski definition) is 1. The first kappa shape index (κ1) is 10.4. The molecule has 1 unspecified atom stereocenters. The molecule has 0 fully saturated rings. The minimum Gasteiger partial charge on any atom is -0.317 e. The van der Waals surface area contributed by atoms with Gasteiger partial charge in [-0.3, -0.25) is 9.78 Å². The predicted octanol–water partition coefficient (Wildman–Crippen LogP) is 1.36. The highest BCUT2D eigenvalue weighted by atomic mass is 16.1. The van der Waals surface area contributed by atoms with Gasteiger partial charge in [0, 0.05) is 12.4 Å². The van der Waals surface area contributed by atoms with E-state index in [0.29, 0.717) is 5.69 Å². The van der Waals surface area contributed by atoms with E-state index in [1.165, 1.54) is 18.6 Å². The Bertz CT molecular complexity index is 470. The van der Waals surface area contributed by atoms with Gasteiger partial charge in [0.05, 0.1) is 12.2 Å². The van der Waals surface area contributed by atoms with Crippen molar-refractivity contribution in [3.63, 3.8) is 0 Å². The Morgan fingerprint density at radius 3 is 2.56 bits per heavy atom. The maximum absolute atomic E-state index is 11.9. The average molecular weight is 213 g/mol. The van der Waals surface area contributed by atoms with Crippen LogP contribution in [0.15, 0.2) is 48.9 Å². The molecule has 1 aromatic carbocycles. The van der Waals surface area contributed by atoms with Gasteiger partial charge in [0.1, 0.15) is 5.69 Å². The lowest BCUT2D eigenvalue weighted by atomic mass is 10.0. The average Bonchev–Trinajstić information content (AvgIpc) is 2.39. The van der Waals surface area contributed by atoms with Crippen LogP contribution < -0.4 is 5.73 Å². The molecule has 0 bridgehead atoms. The summed E-state index contributed by atoms with van der Waals surface area (Å²) in [4.78, 5) is 19.7. The van der Waals surface area contributed by atoms with Gasteiger partial charge in [0.2, 0.25) is 5.78 Å². The topological polar surface area (TPSA) is 68.9 Å². The lowest BCUT2D eigenvalue weighted by Gasteiger charge is -2.09. The number of Topliss-reactive ketones (excluding diaryl/α,β-unsaturated/α-hetero) is 1. The van der Waals surface area contributed by atoms with E-state index in [0.717, 1.165) is 5.56 Å². The van der Waals surface area contributed by atoms with Crippen LogP contribution in [0, 0.1) is 0 Å². The van der Waals surface area contributed by atoms with Crippen LogP contribution in [-0.2, 0) is 0 Å². The van der Waals surface area contributed by atoms with Crippen molar-refractivity contribution in [2.24, 2.45) is 5.73 Å². The van der Waals surface area contributed by atoms with Crippen molar-refractivity contribution in [3.05, 3.63) is 60.2 Å². The summed E-state index contributed by atoms with van der Waals surface area (Å²) in [7, 11) is 0. The molecule has 0 saturated carbocycles. The van der Waals surface area contributed by atoms with Crippen molar-refractivity contribution >= 4 is 5.78 Å². The van der Waals surface area contributed by atoms with Crippen LogP contribution in [0.3, 0.4) is 0 Å². The number of benzene rings is 1. The van der Waals surface area contributed by atoms with Crippen LogP contribution in [0.4, 0.5) is 0 Å². The molecule has 4 heteroatoms. The van der Waals surface area contributed by atoms with Gasteiger partial charge in [-0.2, -0.15) is 0 Å². The van der Waals surface area contributed by atoms with Crippen molar-refractivity contribution < 1.29 is 4.79 Å². The Labute approximate surface area is 93.2 Å².